The van der Waals surface area contributed by atoms with E-state index in [1.54, 1.807) is 0 Å². The van der Waals surface area contributed by atoms with Crippen LogP contribution in [0.15, 0.2) is 35.2 Å². The summed E-state index contributed by atoms with van der Waals surface area (Å²) < 4.78 is 0. The van der Waals surface area contributed by atoms with Crippen molar-refractivity contribution in [3.8, 4) is 0 Å². The van der Waals surface area contributed by atoms with Crippen molar-refractivity contribution in [3.05, 3.63) is 35.9 Å². The van der Waals surface area contributed by atoms with Crippen molar-refractivity contribution in [2.24, 2.45) is 11.7 Å². The van der Waals surface area contributed by atoms with E-state index >= 15 is 0 Å². The fraction of sp³-hybridized carbons (Fsp3) is 0.385. The van der Waals surface area contributed by atoms with Crippen LogP contribution in [0, 0.1) is 5.92 Å². The van der Waals surface area contributed by atoms with Crippen molar-refractivity contribution in [3.63, 3.8) is 0 Å². The molecule has 1 aromatic carbocycles. The molecule has 1 saturated carbocycles. The molecule has 0 unspecified atom stereocenters. The molecule has 0 amide bonds. The second-order valence-corrected chi connectivity index (χ2v) is 5.05. The molecule has 80 valence electrons. The maximum atomic E-state index is 5.40. The zero-order chi connectivity index (χ0) is 10.5. The van der Waals surface area contributed by atoms with Gasteiger partial charge in [0.05, 0.1) is 0 Å². The molecule has 1 nitrogen and oxygen atoms in total. The van der Waals surface area contributed by atoms with Gasteiger partial charge in [-0.2, -0.15) is 0 Å². The lowest BCUT2D eigenvalue weighted by atomic mass is 10.2. The summed E-state index contributed by atoms with van der Waals surface area (Å²) in [7, 11) is 0. The SMILES string of the molecule is NC/C=C/c1ccc(SCC2CC2)cc1. The van der Waals surface area contributed by atoms with Crippen molar-refractivity contribution in [1.29, 1.82) is 0 Å². The number of benzene rings is 1. The molecule has 0 aromatic heterocycles. The number of hydrogen-bond donors (Lipinski definition) is 1. The van der Waals surface area contributed by atoms with Gasteiger partial charge in [0.1, 0.15) is 0 Å². The third kappa shape index (κ3) is 3.73. The molecule has 15 heavy (non-hydrogen) atoms. The first-order valence-electron chi connectivity index (χ1n) is 5.48. The highest BCUT2D eigenvalue weighted by atomic mass is 32.2. The highest BCUT2D eigenvalue weighted by Crippen LogP contribution is 2.34. The van der Waals surface area contributed by atoms with Crippen LogP contribution in [-0.2, 0) is 0 Å². The van der Waals surface area contributed by atoms with Crippen LogP contribution in [0.25, 0.3) is 6.08 Å². The number of thioether (sulfide) groups is 1. The molecule has 2 rings (SSSR count). The molecule has 0 atom stereocenters. The van der Waals surface area contributed by atoms with Crippen molar-refractivity contribution >= 4 is 17.8 Å². The Bertz CT molecular complexity index is 325. The molecule has 0 bridgehead atoms. The van der Waals surface area contributed by atoms with Crippen molar-refractivity contribution < 1.29 is 0 Å². The summed E-state index contributed by atoms with van der Waals surface area (Å²) in [5.74, 6) is 2.28. The normalized spacial score (nSPS) is 16.1. The highest BCUT2D eigenvalue weighted by molar-refractivity contribution is 7.99. The largest absolute Gasteiger partial charge is 0.327 e. The summed E-state index contributed by atoms with van der Waals surface area (Å²) in [5.41, 5.74) is 6.64. The van der Waals surface area contributed by atoms with Gasteiger partial charge in [-0.05, 0) is 36.5 Å². The lowest BCUT2D eigenvalue weighted by Gasteiger charge is -2.00. The fourth-order valence-corrected chi connectivity index (χ4v) is 2.47. The van der Waals surface area contributed by atoms with Crippen LogP contribution >= 0.6 is 11.8 Å². The Morgan fingerprint density at radius 2 is 2.00 bits per heavy atom. The second-order valence-electron chi connectivity index (χ2n) is 3.96. The van der Waals surface area contributed by atoms with Crippen molar-refractivity contribution in [2.75, 3.05) is 12.3 Å². The van der Waals surface area contributed by atoms with Gasteiger partial charge in [0.15, 0.2) is 0 Å². The third-order valence-corrected chi connectivity index (χ3v) is 3.75. The summed E-state index contributed by atoms with van der Waals surface area (Å²) in [6.07, 6.45) is 6.91. The minimum atomic E-state index is 0.609. The molecule has 0 saturated heterocycles. The van der Waals surface area contributed by atoms with Crippen LogP contribution in [0.1, 0.15) is 18.4 Å². The topological polar surface area (TPSA) is 26.0 Å². The average molecular weight is 219 g/mol. The molecule has 2 N–H and O–H groups in total. The van der Waals surface area contributed by atoms with Crippen LogP contribution in [0.5, 0.6) is 0 Å². The predicted molar refractivity (Wildman–Crippen MR) is 68.0 cm³/mol. The molecule has 0 spiro atoms. The Morgan fingerprint density at radius 1 is 1.27 bits per heavy atom. The van der Waals surface area contributed by atoms with Crippen LogP contribution in [0.3, 0.4) is 0 Å². The summed E-state index contributed by atoms with van der Waals surface area (Å²) in [5, 5.41) is 0. The maximum Gasteiger partial charge on any atom is 0.0110 e. The molecule has 1 aliphatic carbocycles. The summed E-state index contributed by atoms with van der Waals surface area (Å²) in [6.45, 7) is 0.609. The van der Waals surface area contributed by atoms with E-state index in [2.05, 4.69) is 30.3 Å². The first-order chi connectivity index (χ1) is 7.38. The minimum absolute atomic E-state index is 0.609. The van der Waals surface area contributed by atoms with Gasteiger partial charge in [0.25, 0.3) is 0 Å². The first-order valence-corrected chi connectivity index (χ1v) is 6.46. The van der Waals surface area contributed by atoms with Crippen LogP contribution in [-0.4, -0.2) is 12.3 Å². The summed E-state index contributed by atoms with van der Waals surface area (Å²) in [4.78, 5) is 1.38. The predicted octanol–water partition coefficient (Wildman–Crippen LogP) is 3.16. The van der Waals surface area contributed by atoms with Crippen LogP contribution in [0.4, 0.5) is 0 Å². The Morgan fingerprint density at radius 3 is 2.60 bits per heavy atom. The number of rotatable bonds is 5. The number of hydrogen-bond acceptors (Lipinski definition) is 2. The van der Waals surface area contributed by atoms with Gasteiger partial charge < -0.3 is 5.73 Å². The highest BCUT2D eigenvalue weighted by Gasteiger charge is 2.20. The van der Waals surface area contributed by atoms with Crippen LogP contribution in [0.2, 0.25) is 0 Å². The van der Waals surface area contributed by atoms with E-state index in [0.29, 0.717) is 6.54 Å². The van der Waals surface area contributed by atoms with Gasteiger partial charge >= 0.3 is 0 Å². The standard InChI is InChI=1S/C13H17NS/c14-9-1-2-11-5-7-13(8-6-11)15-10-12-3-4-12/h1-2,5-8,12H,3-4,9-10,14H2/b2-1+. The second kappa shape index (κ2) is 5.38. The molecule has 1 fully saturated rings. The molecular weight excluding hydrogens is 202 g/mol. The molecule has 0 aliphatic heterocycles. The van der Waals surface area contributed by atoms with Gasteiger partial charge in [-0.1, -0.05) is 24.3 Å². The van der Waals surface area contributed by atoms with Gasteiger partial charge in [0, 0.05) is 17.2 Å². The first kappa shape index (κ1) is 10.8. The molecule has 1 aliphatic rings. The molecule has 0 heterocycles. The number of nitrogens with two attached hydrogens (primary N) is 1. The Hall–Kier alpha value is -0.730. The van der Waals surface area contributed by atoms with E-state index in [1.165, 1.54) is 29.1 Å². The van der Waals surface area contributed by atoms with Gasteiger partial charge in [-0.25, -0.2) is 0 Å². The molecule has 1 aromatic rings. The average Bonchev–Trinajstić information content (AvgIpc) is 3.09. The Labute approximate surface area is 95.8 Å². The zero-order valence-corrected chi connectivity index (χ0v) is 9.67. The van der Waals surface area contributed by atoms with Crippen molar-refractivity contribution in [2.45, 2.75) is 17.7 Å². The van der Waals surface area contributed by atoms with E-state index in [0.717, 1.165) is 5.92 Å². The maximum absolute atomic E-state index is 5.40. The Kier molecular flexibility index (Phi) is 3.87. The minimum Gasteiger partial charge on any atom is -0.327 e. The van der Waals surface area contributed by atoms with Crippen molar-refractivity contribution in [1.82, 2.24) is 0 Å². The lowest BCUT2D eigenvalue weighted by molar-refractivity contribution is 1.000. The summed E-state index contributed by atoms with van der Waals surface area (Å²) >= 11 is 1.97. The quantitative estimate of drug-likeness (QED) is 0.770. The monoisotopic (exact) mass is 219 g/mol. The van der Waals surface area contributed by atoms with Crippen LogP contribution < -0.4 is 5.73 Å². The molecule has 0 radical (unpaired) electrons. The molecular formula is C13H17NS. The van der Waals surface area contributed by atoms with Gasteiger partial charge in [-0.3, -0.25) is 0 Å². The summed E-state index contributed by atoms with van der Waals surface area (Å²) in [6, 6.07) is 8.70. The van der Waals surface area contributed by atoms with E-state index in [4.69, 9.17) is 5.73 Å². The smallest absolute Gasteiger partial charge is 0.0110 e. The van der Waals surface area contributed by atoms with E-state index in [1.807, 2.05) is 17.8 Å². The van der Waals surface area contributed by atoms with Gasteiger partial charge in [-0.15, -0.1) is 11.8 Å². The van der Waals surface area contributed by atoms with E-state index < -0.39 is 0 Å². The van der Waals surface area contributed by atoms with E-state index in [-0.39, 0.29) is 0 Å². The zero-order valence-electron chi connectivity index (χ0n) is 8.86. The Balaban J connectivity index is 1.87. The fourth-order valence-electron chi connectivity index (χ4n) is 1.38. The lowest BCUT2D eigenvalue weighted by Crippen LogP contribution is -1.91. The third-order valence-electron chi connectivity index (χ3n) is 2.51. The molecule has 2 heteroatoms. The van der Waals surface area contributed by atoms with Gasteiger partial charge in [0.2, 0.25) is 0 Å². The van der Waals surface area contributed by atoms with E-state index in [9.17, 15) is 0 Å².